The van der Waals surface area contributed by atoms with E-state index in [0.29, 0.717) is 17.0 Å². The Morgan fingerprint density at radius 2 is 1.94 bits per heavy atom. The molecule has 1 aliphatic carbocycles. The van der Waals surface area contributed by atoms with Crippen LogP contribution in [0.15, 0.2) is 85.1 Å². The molecule has 0 aliphatic heterocycles. The van der Waals surface area contributed by atoms with Crippen LogP contribution in [-0.2, 0) is 0 Å². The Bertz CT molecular complexity index is 1130. The van der Waals surface area contributed by atoms with Crippen LogP contribution in [0.25, 0.3) is 5.70 Å². The highest BCUT2D eigenvalue weighted by Crippen LogP contribution is 2.33. The van der Waals surface area contributed by atoms with Gasteiger partial charge in [0.25, 0.3) is 0 Å². The minimum atomic E-state index is 0.0972. The molecule has 0 aromatic heterocycles. The zero-order valence-electron chi connectivity index (χ0n) is 18.9. The van der Waals surface area contributed by atoms with Crippen molar-refractivity contribution in [3.63, 3.8) is 0 Å². The number of ketones is 1. The third-order valence-corrected chi connectivity index (χ3v) is 5.89. The molecule has 1 unspecified atom stereocenters. The van der Waals surface area contributed by atoms with Crippen LogP contribution in [0.5, 0.6) is 0 Å². The Morgan fingerprint density at radius 1 is 1.19 bits per heavy atom. The predicted octanol–water partition coefficient (Wildman–Crippen LogP) is 6.98. The monoisotopic (exact) mass is 422 g/mol. The maximum atomic E-state index is 13.4. The van der Waals surface area contributed by atoms with Gasteiger partial charge in [0.15, 0.2) is 5.78 Å². The van der Waals surface area contributed by atoms with E-state index >= 15 is 0 Å². The van der Waals surface area contributed by atoms with Crippen molar-refractivity contribution in [1.29, 1.82) is 5.26 Å². The van der Waals surface area contributed by atoms with Gasteiger partial charge in [0, 0.05) is 22.5 Å². The Kier molecular flexibility index (Phi) is 7.63. The average molecular weight is 423 g/mol. The Morgan fingerprint density at radius 3 is 2.59 bits per heavy atom. The topological polar surface area (TPSA) is 52.9 Å². The Labute approximate surface area is 191 Å². The van der Waals surface area contributed by atoms with E-state index in [1.807, 2.05) is 62.4 Å². The molecule has 162 valence electrons. The molecule has 0 amide bonds. The number of nitrogens with one attached hydrogen (secondary N) is 1. The van der Waals surface area contributed by atoms with Crippen LogP contribution >= 0.6 is 0 Å². The molecule has 0 radical (unpaired) electrons. The van der Waals surface area contributed by atoms with E-state index in [2.05, 4.69) is 30.6 Å². The second-order valence-electron chi connectivity index (χ2n) is 8.36. The van der Waals surface area contributed by atoms with Gasteiger partial charge >= 0.3 is 0 Å². The van der Waals surface area contributed by atoms with E-state index in [1.165, 1.54) is 5.56 Å². The van der Waals surface area contributed by atoms with Crippen LogP contribution in [-0.4, -0.2) is 5.78 Å². The molecule has 3 heteroatoms. The summed E-state index contributed by atoms with van der Waals surface area (Å²) in [7, 11) is 0. The zero-order chi connectivity index (χ0) is 23.1. The lowest BCUT2D eigenvalue weighted by molar-refractivity contribution is 0.103. The van der Waals surface area contributed by atoms with Gasteiger partial charge in [0.2, 0.25) is 0 Å². The van der Waals surface area contributed by atoms with Gasteiger partial charge in [0.1, 0.15) is 0 Å². The average Bonchev–Trinajstić information content (AvgIpc) is 3.05. The van der Waals surface area contributed by atoms with Gasteiger partial charge in [-0.15, -0.1) is 0 Å². The van der Waals surface area contributed by atoms with Crippen LogP contribution in [0.4, 0.5) is 0 Å². The van der Waals surface area contributed by atoms with Gasteiger partial charge in [-0.2, -0.15) is 5.26 Å². The number of rotatable bonds is 7. The molecule has 1 atom stereocenters. The van der Waals surface area contributed by atoms with Gasteiger partial charge in [-0.1, -0.05) is 49.6 Å². The molecule has 0 heterocycles. The SMILES string of the molecule is C=C/C=C(\NC(=C)C)c1cc(C(=O)C2=CCCC(c3ccc(C#N)cc3)CC2)ccc1C. The molecule has 1 N–H and O–H groups in total. The van der Waals surface area contributed by atoms with Crippen molar-refractivity contribution in [3.05, 3.63) is 113 Å². The van der Waals surface area contributed by atoms with Crippen molar-refractivity contribution < 1.29 is 4.79 Å². The largest absolute Gasteiger partial charge is 0.359 e. The quantitative estimate of drug-likeness (QED) is 0.387. The van der Waals surface area contributed by atoms with E-state index in [0.717, 1.165) is 53.8 Å². The van der Waals surface area contributed by atoms with E-state index in [9.17, 15) is 4.79 Å². The van der Waals surface area contributed by atoms with E-state index in [1.54, 1.807) is 6.08 Å². The summed E-state index contributed by atoms with van der Waals surface area (Å²) in [6, 6.07) is 15.9. The third-order valence-electron chi connectivity index (χ3n) is 5.89. The summed E-state index contributed by atoms with van der Waals surface area (Å²) in [5.74, 6) is 0.500. The number of nitrogens with zero attached hydrogens (tertiary/aromatic N) is 1. The number of hydrogen-bond acceptors (Lipinski definition) is 3. The second kappa shape index (κ2) is 10.6. The third kappa shape index (κ3) is 5.53. The molecule has 0 spiro atoms. The minimum Gasteiger partial charge on any atom is -0.359 e. The normalized spacial score (nSPS) is 16.3. The predicted molar refractivity (Wildman–Crippen MR) is 132 cm³/mol. The maximum Gasteiger partial charge on any atom is 0.188 e. The summed E-state index contributed by atoms with van der Waals surface area (Å²) >= 11 is 0. The molecule has 3 rings (SSSR count). The fraction of sp³-hybridized carbons (Fsp3) is 0.241. The van der Waals surface area contributed by atoms with Crippen molar-refractivity contribution >= 4 is 11.5 Å². The first-order chi connectivity index (χ1) is 15.4. The van der Waals surface area contributed by atoms with Crippen molar-refractivity contribution in [2.45, 2.75) is 45.4 Å². The molecule has 0 bridgehead atoms. The molecule has 3 nitrogen and oxygen atoms in total. The second-order valence-corrected chi connectivity index (χ2v) is 8.36. The molecule has 32 heavy (non-hydrogen) atoms. The highest BCUT2D eigenvalue weighted by molar-refractivity contribution is 6.09. The number of allylic oxidation sites excluding steroid dienone is 5. The number of hydrogen-bond donors (Lipinski definition) is 1. The molecule has 2 aromatic rings. The number of carbonyl (C=O) groups excluding carboxylic acids is 1. The highest BCUT2D eigenvalue weighted by atomic mass is 16.1. The van der Waals surface area contributed by atoms with E-state index in [4.69, 9.17) is 5.26 Å². The van der Waals surface area contributed by atoms with Crippen molar-refractivity contribution in [1.82, 2.24) is 5.32 Å². The Hall–Kier alpha value is -3.64. The molecule has 0 fully saturated rings. The maximum absolute atomic E-state index is 13.4. The summed E-state index contributed by atoms with van der Waals surface area (Å²) in [6.07, 6.45) is 9.32. The molecular weight excluding hydrogens is 392 g/mol. The van der Waals surface area contributed by atoms with Crippen LogP contribution in [0.3, 0.4) is 0 Å². The lowest BCUT2D eigenvalue weighted by Gasteiger charge is -2.16. The minimum absolute atomic E-state index is 0.0972. The van der Waals surface area contributed by atoms with Crippen LogP contribution < -0.4 is 5.32 Å². The number of benzene rings is 2. The lowest BCUT2D eigenvalue weighted by atomic mass is 9.89. The van der Waals surface area contributed by atoms with E-state index in [-0.39, 0.29) is 5.78 Å². The number of nitriles is 1. The molecule has 2 aromatic carbocycles. The smallest absolute Gasteiger partial charge is 0.188 e. The lowest BCUT2D eigenvalue weighted by Crippen LogP contribution is -2.11. The summed E-state index contributed by atoms with van der Waals surface area (Å²) < 4.78 is 0. The zero-order valence-corrected chi connectivity index (χ0v) is 18.9. The standard InChI is InChI=1S/C29H30N2O/c1-5-7-28(31-20(2)3)27-18-26(13-10-21(27)4)29(32)25-9-6-8-23(16-17-25)24-14-11-22(19-30)12-15-24/h5,7,9-15,18,23,31H,1-2,6,8,16-17H2,3-4H3/b28-7-. The first-order valence-electron chi connectivity index (χ1n) is 11.0. The molecule has 0 saturated heterocycles. The molecular formula is C29H30N2O. The van der Waals surface area contributed by atoms with Gasteiger partial charge < -0.3 is 5.32 Å². The van der Waals surface area contributed by atoms with Gasteiger partial charge in [0.05, 0.1) is 11.6 Å². The highest BCUT2D eigenvalue weighted by Gasteiger charge is 2.20. The first kappa shape index (κ1) is 23.0. The fourth-order valence-electron chi connectivity index (χ4n) is 4.19. The molecule has 1 aliphatic rings. The van der Waals surface area contributed by atoms with Crippen molar-refractivity contribution in [2.24, 2.45) is 0 Å². The molecule has 0 saturated carbocycles. The Balaban J connectivity index is 1.79. The van der Waals surface area contributed by atoms with Crippen LogP contribution in [0, 0.1) is 18.3 Å². The van der Waals surface area contributed by atoms with Gasteiger partial charge in [-0.25, -0.2) is 0 Å². The van der Waals surface area contributed by atoms with Gasteiger partial charge in [-0.05, 0) is 86.4 Å². The first-order valence-corrected chi connectivity index (χ1v) is 11.0. The number of Topliss-reactive ketones (excluding diaryl/α,β-unsaturated/α-hetero) is 1. The summed E-state index contributed by atoms with van der Waals surface area (Å²) in [4.78, 5) is 13.4. The van der Waals surface area contributed by atoms with Crippen molar-refractivity contribution in [2.75, 3.05) is 0 Å². The number of carbonyl (C=O) groups is 1. The summed E-state index contributed by atoms with van der Waals surface area (Å²) in [6.45, 7) is 11.7. The summed E-state index contributed by atoms with van der Waals surface area (Å²) in [5, 5.41) is 12.3. The van der Waals surface area contributed by atoms with Gasteiger partial charge in [-0.3, -0.25) is 4.79 Å². The fourth-order valence-corrected chi connectivity index (χ4v) is 4.19. The summed E-state index contributed by atoms with van der Waals surface area (Å²) in [5.41, 5.74) is 7.28. The van der Waals surface area contributed by atoms with Crippen LogP contribution in [0.1, 0.15) is 71.1 Å². The van der Waals surface area contributed by atoms with E-state index < -0.39 is 0 Å². The van der Waals surface area contributed by atoms with Crippen LogP contribution in [0.2, 0.25) is 0 Å². The van der Waals surface area contributed by atoms with Crippen molar-refractivity contribution in [3.8, 4) is 6.07 Å². The number of aryl methyl sites for hydroxylation is 1.